The predicted molar refractivity (Wildman–Crippen MR) is 153 cm³/mol. The molecule has 2 rings (SSSR count). The van der Waals surface area contributed by atoms with Gasteiger partial charge in [0.15, 0.2) is 0 Å². The third kappa shape index (κ3) is 8.50. The Kier molecular flexibility index (Phi) is 11.7. The van der Waals surface area contributed by atoms with Crippen LogP contribution in [0.2, 0.25) is 0 Å². The van der Waals surface area contributed by atoms with Crippen molar-refractivity contribution in [3.63, 3.8) is 0 Å². The zero-order chi connectivity index (χ0) is 24.8. The Balaban J connectivity index is 2.21. The van der Waals surface area contributed by atoms with Crippen LogP contribution < -0.4 is 20.9 Å². The summed E-state index contributed by atoms with van der Waals surface area (Å²) < 4.78 is 15.7. The standard InChI is InChI=1S/C25H34Br4N2O2/c1-15(30)7-5-9-32-23-19(26)11-17(12-20(23)27)25(3,4)18-13-21(28)24(22(29)14-18)33-10-6-8-16(2)31/h11-16H,5-10,30-31H2,1-4H3. The van der Waals surface area contributed by atoms with Crippen LogP contribution in [0, 0.1) is 0 Å². The van der Waals surface area contributed by atoms with Crippen molar-refractivity contribution >= 4 is 63.7 Å². The molecule has 4 N–H and O–H groups in total. The van der Waals surface area contributed by atoms with Gasteiger partial charge >= 0.3 is 0 Å². The van der Waals surface area contributed by atoms with Crippen molar-refractivity contribution in [2.45, 2.75) is 70.9 Å². The highest BCUT2D eigenvalue weighted by Gasteiger charge is 2.27. The van der Waals surface area contributed by atoms with Crippen molar-refractivity contribution in [1.29, 1.82) is 0 Å². The first-order valence-electron chi connectivity index (χ1n) is 11.2. The molecule has 0 radical (unpaired) electrons. The summed E-state index contributed by atoms with van der Waals surface area (Å²) in [4.78, 5) is 0. The first kappa shape index (κ1) is 29.1. The Labute approximate surface area is 232 Å². The Hall–Kier alpha value is -0.120. The molecule has 0 aliphatic rings. The maximum Gasteiger partial charge on any atom is 0.147 e. The molecule has 0 aromatic heterocycles. The molecular formula is C25H34Br4N2O2. The number of rotatable bonds is 12. The molecule has 0 aliphatic heterocycles. The predicted octanol–water partition coefficient (Wildman–Crippen LogP) is 8.07. The van der Waals surface area contributed by atoms with Gasteiger partial charge in [0.25, 0.3) is 0 Å². The molecule has 0 amide bonds. The van der Waals surface area contributed by atoms with Crippen LogP contribution in [0.15, 0.2) is 42.2 Å². The van der Waals surface area contributed by atoms with E-state index >= 15 is 0 Å². The lowest BCUT2D eigenvalue weighted by Crippen LogP contribution is -2.20. The molecule has 0 fully saturated rings. The highest BCUT2D eigenvalue weighted by Crippen LogP contribution is 2.44. The fourth-order valence-electron chi connectivity index (χ4n) is 3.44. The largest absolute Gasteiger partial charge is 0.491 e. The summed E-state index contributed by atoms with van der Waals surface area (Å²) in [6, 6.07) is 8.90. The molecule has 2 aromatic rings. The molecule has 0 heterocycles. The number of nitrogens with two attached hydrogens (primary N) is 2. The van der Waals surface area contributed by atoms with Gasteiger partial charge in [0, 0.05) is 17.5 Å². The first-order valence-corrected chi connectivity index (χ1v) is 14.4. The molecule has 33 heavy (non-hydrogen) atoms. The fourth-order valence-corrected chi connectivity index (χ4v) is 6.27. The highest BCUT2D eigenvalue weighted by molar-refractivity contribution is 9.11. The van der Waals surface area contributed by atoms with Gasteiger partial charge in [-0.1, -0.05) is 13.8 Å². The Morgan fingerprint density at radius 1 is 0.697 bits per heavy atom. The van der Waals surface area contributed by atoms with E-state index in [1.165, 1.54) is 0 Å². The lowest BCUT2D eigenvalue weighted by Gasteiger charge is -2.28. The minimum absolute atomic E-state index is 0.189. The summed E-state index contributed by atoms with van der Waals surface area (Å²) in [5.74, 6) is 1.63. The number of benzene rings is 2. The average Bonchev–Trinajstić information content (AvgIpc) is 2.70. The summed E-state index contributed by atoms with van der Waals surface area (Å²) in [6.07, 6.45) is 3.73. The minimum Gasteiger partial charge on any atom is -0.491 e. The summed E-state index contributed by atoms with van der Waals surface area (Å²) in [5, 5.41) is 0. The number of hydrogen-bond acceptors (Lipinski definition) is 4. The maximum absolute atomic E-state index is 6.02. The molecule has 2 aromatic carbocycles. The van der Waals surface area contributed by atoms with E-state index < -0.39 is 0 Å². The van der Waals surface area contributed by atoms with E-state index in [-0.39, 0.29) is 17.5 Å². The van der Waals surface area contributed by atoms with Crippen LogP contribution in [-0.2, 0) is 5.41 Å². The van der Waals surface area contributed by atoms with Gasteiger partial charge in [-0.3, -0.25) is 0 Å². The molecule has 8 heteroatoms. The zero-order valence-electron chi connectivity index (χ0n) is 19.7. The fraction of sp³-hybridized carbons (Fsp3) is 0.520. The highest BCUT2D eigenvalue weighted by atomic mass is 79.9. The Morgan fingerprint density at radius 3 is 1.27 bits per heavy atom. The van der Waals surface area contributed by atoms with E-state index in [1.807, 2.05) is 13.8 Å². The topological polar surface area (TPSA) is 70.5 Å². The summed E-state index contributed by atoms with van der Waals surface area (Å²) in [6.45, 7) is 9.71. The van der Waals surface area contributed by atoms with Gasteiger partial charge in [-0.25, -0.2) is 0 Å². The lowest BCUT2D eigenvalue weighted by molar-refractivity contribution is 0.299. The third-order valence-electron chi connectivity index (χ3n) is 5.54. The van der Waals surface area contributed by atoms with Gasteiger partial charge in [-0.2, -0.15) is 0 Å². The van der Waals surface area contributed by atoms with Gasteiger partial charge < -0.3 is 20.9 Å². The van der Waals surface area contributed by atoms with E-state index in [0.29, 0.717) is 13.2 Å². The molecule has 0 spiro atoms. The van der Waals surface area contributed by atoms with Crippen LogP contribution in [0.25, 0.3) is 0 Å². The number of hydrogen-bond donors (Lipinski definition) is 2. The summed E-state index contributed by atoms with van der Waals surface area (Å²) in [5.41, 5.74) is 13.7. The summed E-state index contributed by atoms with van der Waals surface area (Å²) in [7, 11) is 0. The maximum atomic E-state index is 6.02. The molecule has 2 unspecified atom stereocenters. The molecule has 0 aliphatic carbocycles. The smallest absolute Gasteiger partial charge is 0.147 e. The van der Waals surface area contributed by atoms with E-state index in [4.69, 9.17) is 20.9 Å². The molecule has 0 saturated heterocycles. The number of halogens is 4. The molecule has 0 bridgehead atoms. The van der Waals surface area contributed by atoms with Crippen molar-refractivity contribution < 1.29 is 9.47 Å². The molecule has 4 nitrogen and oxygen atoms in total. The molecular weight excluding hydrogens is 680 g/mol. The van der Waals surface area contributed by atoms with Crippen LogP contribution in [0.4, 0.5) is 0 Å². The first-order chi connectivity index (χ1) is 15.4. The van der Waals surface area contributed by atoms with Crippen molar-refractivity contribution in [2.75, 3.05) is 13.2 Å². The van der Waals surface area contributed by atoms with Gasteiger partial charge in [-0.05, 0) is 139 Å². The summed E-state index contributed by atoms with van der Waals surface area (Å²) >= 11 is 14.8. The lowest BCUT2D eigenvalue weighted by atomic mass is 9.78. The van der Waals surface area contributed by atoms with Crippen LogP contribution in [0.3, 0.4) is 0 Å². The second-order valence-corrected chi connectivity index (χ2v) is 12.5. The van der Waals surface area contributed by atoms with E-state index in [2.05, 4.69) is 102 Å². The third-order valence-corrected chi connectivity index (χ3v) is 7.90. The average molecular weight is 714 g/mol. The Morgan fingerprint density at radius 2 is 1.00 bits per heavy atom. The molecule has 184 valence electrons. The monoisotopic (exact) mass is 710 g/mol. The van der Waals surface area contributed by atoms with Crippen LogP contribution in [0.1, 0.15) is 64.5 Å². The number of ether oxygens (including phenoxy) is 2. The van der Waals surface area contributed by atoms with Crippen molar-refractivity contribution in [3.8, 4) is 11.5 Å². The van der Waals surface area contributed by atoms with Crippen molar-refractivity contribution in [3.05, 3.63) is 53.3 Å². The Bertz CT molecular complexity index is 813. The zero-order valence-corrected chi connectivity index (χ0v) is 26.0. The van der Waals surface area contributed by atoms with E-state index in [1.54, 1.807) is 0 Å². The van der Waals surface area contributed by atoms with Gasteiger partial charge in [0.1, 0.15) is 11.5 Å². The van der Waals surface area contributed by atoms with Gasteiger partial charge in [-0.15, -0.1) is 0 Å². The normalized spacial score (nSPS) is 13.6. The van der Waals surface area contributed by atoms with E-state index in [9.17, 15) is 0 Å². The van der Waals surface area contributed by atoms with Crippen molar-refractivity contribution in [1.82, 2.24) is 0 Å². The van der Waals surface area contributed by atoms with Crippen molar-refractivity contribution in [2.24, 2.45) is 11.5 Å². The molecule has 0 saturated carbocycles. The van der Waals surface area contributed by atoms with Crippen LogP contribution >= 0.6 is 63.7 Å². The van der Waals surface area contributed by atoms with E-state index in [0.717, 1.165) is 66.2 Å². The second kappa shape index (κ2) is 13.3. The SMILES string of the molecule is CC(N)CCCOc1c(Br)cc(C(C)(C)c2cc(Br)c(OCCCC(C)N)c(Br)c2)cc1Br. The molecule has 2 atom stereocenters. The quantitative estimate of drug-likeness (QED) is 0.218. The minimum atomic E-state index is -0.253. The van der Waals surface area contributed by atoms with Gasteiger partial charge in [0.2, 0.25) is 0 Å². The second-order valence-electron chi connectivity index (χ2n) is 9.10. The van der Waals surface area contributed by atoms with Crippen LogP contribution in [0.5, 0.6) is 11.5 Å². The van der Waals surface area contributed by atoms with Crippen LogP contribution in [-0.4, -0.2) is 25.3 Å². The van der Waals surface area contributed by atoms with Gasteiger partial charge in [0.05, 0.1) is 31.1 Å².